The van der Waals surface area contributed by atoms with E-state index >= 15 is 0 Å². The summed E-state index contributed by atoms with van der Waals surface area (Å²) in [6, 6.07) is 9.70. The minimum absolute atomic E-state index is 0.0418. The number of piperidine rings is 2. The zero-order valence-electron chi connectivity index (χ0n) is 42.1. The number of rotatable bonds is 15. The number of phenols is 4. The Labute approximate surface area is 452 Å². The Bertz CT molecular complexity index is 3090. The highest BCUT2D eigenvalue weighted by Gasteiger charge is 2.88. The fourth-order valence-corrected chi connectivity index (χ4v) is 10.8. The van der Waals surface area contributed by atoms with Crippen molar-refractivity contribution in [1.29, 1.82) is 0 Å². The summed E-state index contributed by atoms with van der Waals surface area (Å²) in [4.78, 5) is 25.4. The minimum atomic E-state index is -4.87. The second kappa shape index (κ2) is 19.0. The Morgan fingerprint density at radius 3 is 1.28 bits per heavy atom. The van der Waals surface area contributed by atoms with Gasteiger partial charge in [0, 0.05) is 35.1 Å². The Morgan fingerprint density at radius 2 is 0.877 bits per heavy atom. The number of ether oxygens (including phenoxy) is 5. The van der Waals surface area contributed by atoms with E-state index < -0.39 is 187 Å². The first kappa shape index (κ1) is 60.6. The quantitative estimate of drug-likeness (QED) is 0.0299. The molecule has 2 aliphatic heterocycles. The molecule has 2 aliphatic carbocycles. The smallest absolute Gasteiger partial charge is 0.294 e. The summed E-state index contributed by atoms with van der Waals surface area (Å²) in [5.74, 6) is -56.8. The number of fused-ring (bicyclic) bond motifs is 2. The molecule has 0 amide bonds. The maximum Gasteiger partial charge on any atom is 0.294 e. The highest BCUT2D eigenvalue weighted by Crippen LogP contribution is 2.59. The molecule has 2 heterocycles. The fraction of sp³-hybridized carbons (Fsp3) is 0.458. The summed E-state index contributed by atoms with van der Waals surface area (Å²) in [7, 11) is 3.55. The van der Waals surface area contributed by atoms with Gasteiger partial charge in [-0.05, 0) is 61.1 Å². The third-order valence-corrected chi connectivity index (χ3v) is 15.5. The van der Waals surface area contributed by atoms with Gasteiger partial charge >= 0.3 is 0 Å². The van der Waals surface area contributed by atoms with Gasteiger partial charge in [-0.15, -0.1) is 4.90 Å². The second-order valence-electron chi connectivity index (χ2n) is 19.9. The summed E-state index contributed by atoms with van der Waals surface area (Å²) >= 11 is 0. The van der Waals surface area contributed by atoms with Crippen LogP contribution in [0.2, 0.25) is 0 Å². The number of aliphatic hydroxyl groups is 20. The first-order valence-corrected chi connectivity index (χ1v) is 23.5. The normalized spacial score (nSPS) is 24.2. The lowest BCUT2D eigenvalue weighted by Gasteiger charge is -2.64. The molecular formula is C48H56N2O31. The van der Waals surface area contributed by atoms with Gasteiger partial charge in [0.05, 0.1) is 26.9 Å². The number of phenolic OH excluding ortho intramolecular Hbond substituents is 4. The van der Waals surface area contributed by atoms with E-state index in [9.17, 15) is 132 Å². The summed E-state index contributed by atoms with van der Waals surface area (Å²) in [6.45, 7) is -3.19. The molecule has 0 spiro atoms. The van der Waals surface area contributed by atoms with Crippen molar-refractivity contribution in [2.24, 2.45) is 11.8 Å². The van der Waals surface area contributed by atoms with Crippen molar-refractivity contribution < 1.29 is 156 Å². The number of carbonyl (C=O) groups excluding carboxylic acids is 2. The average molecular weight is 1160 g/mol. The number of benzene rings is 4. The number of likely N-dealkylation sites (tertiary alicyclic amines) is 2. The Hall–Kier alpha value is -6.46. The zero-order valence-corrected chi connectivity index (χ0v) is 42.1. The maximum atomic E-state index is 13.9. The number of Topliss-reactive ketones (excluding diaryl/α,β-unsaturated/α-hetero) is 2. The predicted octanol–water partition coefficient (Wildman–Crippen LogP) is -8.19. The van der Waals surface area contributed by atoms with Crippen LogP contribution in [0, 0.1) is 11.8 Å². The first-order valence-electron chi connectivity index (χ1n) is 23.5. The van der Waals surface area contributed by atoms with Crippen LogP contribution < -0.4 is 23.7 Å². The topological polar surface area (TPSA) is 572 Å². The van der Waals surface area contributed by atoms with Crippen molar-refractivity contribution >= 4 is 11.6 Å². The number of aromatic hydroxyl groups is 4. The van der Waals surface area contributed by atoms with E-state index in [-0.39, 0.29) is 33.9 Å². The fourth-order valence-electron chi connectivity index (χ4n) is 10.8. The molecule has 81 heavy (non-hydrogen) atoms. The van der Waals surface area contributed by atoms with Crippen LogP contribution in [0.15, 0.2) is 54.6 Å². The maximum absolute atomic E-state index is 13.9. The van der Waals surface area contributed by atoms with Crippen molar-refractivity contribution in [3.63, 3.8) is 0 Å². The summed E-state index contributed by atoms with van der Waals surface area (Å²) in [6.07, 6.45) is -4.33. The standard InChI is InChI=1S/C48H56N2O31/c1-77-27-11-19-9-21(31(51)24(19)13-29(27)79-3)15-38(57)41(61,62)45(69,70)49(46(71,72)42(38,63)64)17-26-33(53)35(55)37(36(56)34(26)54)81-18-80-30-14-25-20(12-28(30)78-2)10-22(32(25)52)16-39(58)43(65,66)47(73,74)50(48(75,76)44(39,67)68)40(59,60)23-7-5-4-6-8-23/h4-8,11-14,21-22,53-76H,9-10,15-18H2,1-3H3. The molecule has 444 valence electrons. The van der Waals surface area contributed by atoms with Crippen LogP contribution in [0.4, 0.5) is 0 Å². The Balaban J connectivity index is 1.01. The number of carbonyl (C=O) groups is 2. The molecule has 24 N–H and O–H groups in total. The summed E-state index contributed by atoms with van der Waals surface area (Å²) < 4.78 is 26.3. The van der Waals surface area contributed by atoms with Crippen molar-refractivity contribution in [2.45, 2.75) is 96.1 Å². The Kier molecular flexibility index (Phi) is 14.3. The van der Waals surface area contributed by atoms with E-state index in [1.54, 1.807) is 0 Å². The average Bonchev–Trinajstić information content (AvgIpc) is 1.93. The number of hydrogen-bond acceptors (Lipinski definition) is 33. The van der Waals surface area contributed by atoms with Crippen LogP contribution in [0.3, 0.4) is 0 Å². The van der Waals surface area contributed by atoms with Crippen molar-refractivity contribution in [2.75, 3.05) is 28.1 Å². The van der Waals surface area contributed by atoms with E-state index in [1.807, 2.05) is 0 Å². The van der Waals surface area contributed by atoms with Gasteiger partial charge in [0.1, 0.15) is 0 Å². The van der Waals surface area contributed by atoms with E-state index in [2.05, 4.69) is 0 Å². The third kappa shape index (κ3) is 8.10. The molecule has 0 aromatic heterocycles. The van der Waals surface area contributed by atoms with Gasteiger partial charge in [-0.2, -0.15) is 4.90 Å². The lowest BCUT2D eigenvalue weighted by atomic mass is 9.69. The minimum Gasteiger partial charge on any atom is -0.504 e. The summed E-state index contributed by atoms with van der Waals surface area (Å²) in [5, 5.41) is 268. The van der Waals surface area contributed by atoms with Gasteiger partial charge in [0.2, 0.25) is 24.0 Å². The highest BCUT2D eigenvalue weighted by atomic mass is 16.7. The first-order chi connectivity index (χ1) is 37.1. The van der Waals surface area contributed by atoms with Crippen LogP contribution >= 0.6 is 0 Å². The monoisotopic (exact) mass is 1160 g/mol. The lowest BCUT2D eigenvalue weighted by Crippen LogP contribution is -2.95. The predicted molar refractivity (Wildman–Crippen MR) is 251 cm³/mol. The molecule has 8 rings (SSSR count). The van der Waals surface area contributed by atoms with E-state index in [0.717, 1.165) is 43.5 Å². The molecule has 33 nitrogen and oxygen atoms in total. The van der Waals surface area contributed by atoms with Gasteiger partial charge in [-0.25, -0.2) is 0 Å². The van der Waals surface area contributed by atoms with E-state index in [1.165, 1.54) is 32.4 Å². The molecule has 2 fully saturated rings. The van der Waals surface area contributed by atoms with Gasteiger partial charge < -0.3 is 146 Å². The third-order valence-electron chi connectivity index (χ3n) is 15.5. The molecule has 0 radical (unpaired) electrons. The van der Waals surface area contributed by atoms with E-state index in [0.29, 0.717) is 0 Å². The van der Waals surface area contributed by atoms with Gasteiger partial charge in [-0.3, -0.25) is 9.59 Å². The van der Waals surface area contributed by atoms with Crippen molar-refractivity contribution in [3.05, 3.63) is 88.0 Å². The largest absolute Gasteiger partial charge is 0.504 e. The molecule has 4 aromatic rings. The lowest BCUT2D eigenvalue weighted by molar-refractivity contribution is -0.629. The van der Waals surface area contributed by atoms with E-state index in [4.69, 9.17) is 23.7 Å². The SMILES string of the molecule is COc1cc2c(cc1OC)C(=O)C(CC1(O)C(O)(O)C(O)(O)N(Cc3c(O)c(O)c(OCOc4cc5c(cc4OC)CC(CC4(O)C(O)(O)C(O)(O)N(C(O)(O)c6ccccc6)C(O)(O)C4(O)O)C5=O)c(O)c3O)C(O)(O)C1(O)O)C2. The second-order valence-corrected chi connectivity index (χ2v) is 19.9. The van der Waals surface area contributed by atoms with Crippen LogP contribution in [-0.2, 0) is 25.3 Å². The van der Waals surface area contributed by atoms with Gasteiger partial charge in [0.25, 0.3) is 52.7 Å². The molecule has 33 heteroatoms. The van der Waals surface area contributed by atoms with Crippen LogP contribution in [-0.4, -0.2) is 230 Å². The molecular weight excluding hydrogens is 1100 g/mol. The van der Waals surface area contributed by atoms with Crippen LogP contribution in [0.5, 0.6) is 51.7 Å². The van der Waals surface area contributed by atoms with Gasteiger partial charge in [-0.1, -0.05) is 30.3 Å². The number of ketones is 2. The van der Waals surface area contributed by atoms with Gasteiger partial charge in [0.15, 0.2) is 57.3 Å². The number of methoxy groups -OCH3 is 3. The Morgan fingerprint density at radius 1 is 0.506 bits per heavy atom. The highest BCUT2D eigenvalue weighted by molar-refractivity contribution is 6.03. The molecule has 2 saturated heterocycles. The molecule has 4 aliphatic rings. The molecule has 0 saturated carbocycles. The summed E-state index contributed by atoms with van der Waals surface area (Å²) in [5.41, 5.74) is -11.4. The molecule has 4 aromatic carbocycles. The number of hydrogen-bond donors (Lipinski definition) is 24. The number of nitrogens with zero attached hydrogens (tertiary/aromatic N) is 2. The van der Waals surface area contributed by atoms with Crippen molar-refractivity contribution in [3.8, 4) is 51.7 Å². The van der Waals surface area contributed by atoms with Crippen molar-refractivity contribution in [1.82, 2.24) is 9.80 Å². The van der Waals surface area contributed by atoms with Crippen LogP contribution in [0.25, 0.3) is 0 Å². The zero-order chi connectivity index (χ0) is 60.8. The molecule has 2 atom stereocenters. The molecule has 2 unspecified atom stereocenters. The van der Waals surface area contributed by atoms with Crippen LogP contribution in [0.1, 0.15) is 55.8 Å². The molecule has 0 bridgehead atoms.